The maximum Gasteiger partial charge on any atom is 0.191 e. The fourth-order valence-electron chi connectivity index (χ4n) is 3.63. The quantitative estimate of drug-likeness (QED) is 0.595. The van der Waals surface area contributed by atoms with E-state index in [1.165, 1.54) is 25.3 Å². The van der Waals surface area contributed by atoms with Crippen LogP contribution in [0.25, 0.3) is 0 Å². The third kappa shape index (κ3) is 3.89. The zero-order valence-electron chi connectivity index (χ0n) is 14.6. The Morgan fingerprint density at radius 2 is 2.17 bits per heavy atom. The summed E-state index contributed by atoms with van der Waals surface area (Å²) in [5, 5.41) is 6.90. The van der Waals surface area contributed by atoms with Crippen molar-refractivity contribution < 1.29 is 9.13 Å². The molecule has 2 N–H and O–H groups in total. The second-order valence-electron chi connectivity index (χ2n) is 7.14. The normalized spacial score (nSPS) is 25.0. The molecule has 0 aromatic heterocycles. The SMILES string of the molecule is CN=C(NCC1(CCOC)CCC1)NC1CC1c1ccccc1F. The third-order valence-electron chi connectivity index (χ3n) is 5.52. The fourth-order valence-corrected chi connectivity index (χ4v) is 3.63. The lowest BCUT2D eigenvalue weighted by Gasteiger charge is -2.42. The van der Waals surface area contributed by atoms with Gasteiger partial charge in [-0.3, -0.25) is 4.99 Å². The lowest BCUT2D eigenvalue weighted by Crippen LogP contribution is -2.47. The number of ether oxygens (including phenoxy) is 1. The molecular formula is C19H28FN3O. The van der Waals surface area contributed by atoms with E-state index in [9.17, 15) is 4.39 Å². The summed E-state index contributed by atoms with van der Waals surface area (Å²) in [5.41, 5.74) is 1.16. The summed E-state index contributed by atoms with van der Waals surface area (Å²) in [6.45, 7) is 1.73. The van der Waals surface area contributed by atoms with Gasteiger partial charge >= 0.3 is 0 Å². The van der Waals surface area contributed by atoms with Crippen molar-refractivity contribution >= 4 is 5.96 Å². The second kappa shape index (κ2) is 7.51. The zero-order valence-corrected chi connectivity index (χ0v) is 14.6. The summed E-state index contributed by atoms with van der Waals surface area (Å²) < 4.78 is 19.1. The van der Waals surface area contributed by atoms with Crippen LogP contribution in [0.4, 0.5) is 4.39 Å². The van der Waals surface area contributed by atoms with Gasteiger partial charge in [0.2, 0.25) is 0 Å². The molecule has 3 rings (SSSR count). The Morgan fingerprint density at radius 1 is 1.38 bits per heavy atom. The van der Waals surface area contributed by atoms with Crippen LogP contribution in [0.15, 0.2) is 29.3 Å². The van der Waals surface area contributed by atoms with E-state index in [1.54, 1.807) is 20.2 Å². The number of nitrogens with one attached hydrogen (secondary N) is 2. The average Bonchev–Trinajstić information content (AvgIpc) is 3.31. The fraction of sp³-hybridized carbons (Fsp3) is 0.632. The van der Waals surface area contributed by atoms with Gasteiger partial charge in [-0.25, -0.2) is 4.39 Å². The molecule has 2 unspecified atom stereocenters. The van der Waals surface area contributed by atoms with Crippen LogP contribution in [0.5, 0.6) is 0 Å². The predicted molar refractivity (Wildman–Crippen MR) is 94.8 cm³/mol. The molecule has 0 spiro atoms. The van der Waals surface area contributed by atoms with Crippen LogP contribution in [0.2, 0.25) is 0 Å². The number of benzene rings is 1. The molecule has 2 aliphatic rings. The summed E-state index contributed by atoms with van der Waals surface area (Å²) in [5.74, 6) is 0.959. The van der Waals surface area contributed by atoms with Gasteiger partial charge in [-0.1, -0.05) is 24.6 Å². The van der Waals surface area contributed by atoms with Gasteiger partial charge in [-0.05, 0) is 42.7 Å². The maximum absolute atomic E-state index is 13.9. The van der Waals surface area contributed by atoms with Gasteiger partial charge in [0, 0.05) is 39.3 Å². The van der Waals surface area contributed by atoms with Crippen molar-refractivity contribution in [3.63, 3.8) is 0 Å². The predicted octanol–water partition coefficient (Wildman–Crippen LogP) is 3.05. The highest BCUT2D eigenvalue weighted by Crippen LogP contribution is 2.44. The summed E-state index contributed by atoms with van der Waals surface area (Å²) in [4.78, 5) is 4.33. The molecule has 2 saturated carbocycles. The van der Waals surface area contributed by atoms with Crippen LogP contribution in [-0.2, 0) is 4.74 Å². The van der Waals surface area contributed by atoms with Crippen molar-refractivity contribution in [3.05, 3.63) is 35.6 Å². The lowest BCUT2D eigenvalue weighted by molar-refractivity contribution is 0.0732. The second-order valence-corrected chi connectivity index (χ2v) is 7.14. The first-order valence-corrected chi connectivity index (χ1v) is 8.88. The van der Waals surface area contributed by atoms with Crippen molar-refractivity contribution in [1.29, 1.82) is 0 Å². The van der Waals surface area contributed by atoms with Gasteiger partial charge in [0.05, 0.1) is 0 Å². The lowest BCUT2D eigenvalue weighted by atomic mass is 9.67. The van der Waals surface area contributed by atoms with Crippen molar-refractivity contribution in [2.75, 3.05) is 27.3 Å². The number of hydrogen-bond donors (Lipinski definition) is 2. The first kappa shape index (κ1) is 17.2. The highest BCUT2D eigenvalue weighted by molar-refractivity contribution is 5.80. The Labute approximate surface area is 143 Å². The molecule has 1 aromatic rings. The molecule has 2 atom stereocenters. The molecule has 0 saturated heterocycles. The number of hydrogen-bond acceptors (Lipinski definition) is 2. The first-order valence-electron chi connectivity index (χ1n) is 8.88. The number of aliphatic imine (C=N–C) groups is 1. The van der Waals surface area contributed by atoms with Gasteiger partial charge in [-0.2, -0.15) is 0 Å². The summed E-state index contributed by atoms with van der Waals surface area (Å²) >= 11 is 0. The van der Waals surface area contributed by atoms with Crippen LogP contribution in [-0.4, -0.2) is 39.3 Å². The molecule has 2 aliphatic carbocycles. The molecule has 4 nitrogen and oxygen atoms in total. The minimum Gasteiger partial charge on any atom is -0.385 e. The van der Waals surface area contributed by atoms with Gasteiger partial charge in [0.15, 0.2) is 5.96 Å². The Hall–Kier alpha value is -1.62. The molecule has 5 heteroatoms. The molecule has 1 aromatic carbocycles. The minimum absolute atomic E-state index is 0.109. The van der Waals surface area contributed by atoms with E-state index in [1.807, 2.05) is 12.1 Å². The Kier molecular flexibility index (Phi) is 5.39. The minimum atomic E-state index is -0.109. The van der Waals surface area contributed by atoms with Crippen LogP contribution in [0.3, 0.4) is 0 Å². The van der Waals surface area contributed by atoms with E-state index in [0.29, 0.717) is 5.41 Å². The van der Waals surface area contributed by atoms with Gasteiger partial charge in [0.1, 0.15) is 5.82 Å². The van der Waals surface area contributed by atoms with Crippen molar-refractivity contribution in [1.82, 2.24) is 10.6 Å². The molecular weight excluding hydrogens is 305 g/mol. The van der Waals surface area contributed by atoms with E-state index in [0.717, 1.165) is 37.5 Å². The van der Waals surface area contributed by atoms with E-state index in [2.05, 4.69) is 15.6 Å². The van der Waals surface area contributed by atoms with Crippen LogP contribution in [0.1, 0.15) is 43.6 Å². The van der Waals surface area contributed by atoms with Crippen molar-refractivity contribution in [3.8, 4) is 0 Å². The summed E-state index contributed by atoms with van der Waals surface area (Å²) in [6, 6.07) is 7.32. The monoisotopic (exact) mass is 333 g/mol. The van der Waals surface area contributed by atoms with E-state index in [-0.39, 0.29) is 17.8 Å². The third-order valence-corrected chi connectivity index (χ3v) is 5.52. The highest BCUT2D eigenvalue weighted by Gasteiger charge is 2.41. The topological polar surface area (TPSA) is 45.7 Å². The molecule has 2 fully saturated rings. The van der Waals surface area contributed by atoms with Crippen molar-refractivity contribution in [2.24, 2.45) is 10.4 Å². The number of rotatable bonds is 7. The number of methoxy groups -OCH3 is 1. The number of nitrogens with zero attached hydrogens (tertiary/aromatic N) is 1. The maximum atomic E-state index is 13.9. The molecule has 0 aliphatic heterocycles. The van der Waals surface area contributed by atoms with E-state index in [4.69, 9.17) is 4.74 Å². The summed E-state index contributed by atoms with van der Waals surface area (Å²) in [7, 11) is 3.55. The van der Waals surface area contributed by atoms with Crippen LogP contribution in [0, 0.1) is 11.2 Å². The Balaban J connectivity index is 1.49. The Morgan fingerprint density at radius 3 is 2.79 bits per heavy atom. The molecule has 0 bridgehead atoms. The zero-order chi connectivity index (χ0) is 17.0. The van der Waals surface area contributed by atoms with Gasteiger partial charge in [0.25, 0.3) is 0 Å². The van der Waals surface area contributed by atoms with E-state index >= 15 is 0 Å². The van der Waals surface area contributed by atoms with Gasteiger partial charge in [-0.15, -0.1) is 0 Å². The smallest absolute Gasteiger partial charge is 0.191 e. The molecule has 0 heterocycles. The molecule has 132 valence electrons. The van der Waals surface area contributed by atoms with Crippen molar-refractivity contribution in [2.45, 2.75) is 44.1 Å². The molecule has 0 amide bonds. The van der Waals surface area contributed by atoms with Gasteiger partial charge < -0.3 is 15.4 Å². The number of guanidine groups is 1. The largest absolute Gasteiger partial charge is 0.385 e. The first-order chi connectivity index (χ1) is 11.7. The summed E-state index contributed by atoms with van der Waals surface area (Å²) in [6.07, 6.45) is 5.85. The average molecular weight is 333 g/mol. The number of halogens is 1. The Bertz CT molecular complexity index is 586. The highest BCUT2D eigenvalue weighted by atomic mass is 19.1. The standard InChI is InChI=1S/C19H28FN3O/c1-21-18(22-13-19(8-5-9-19)10-11-24-2)23-17-12-15(17)14-6-3-4-7-16(14)20/h3-4,6-7,15,17H,5,8-13H2,1-2H3,(H2,21,22,23). The molecule has 24 heavy (non-hydrogen) atoms. The molecule has 0 radical (unpaired) electrons. The van der Waals surface area contributed by atoms with Crippen LogP contribution >= 0.6 is 0 Å². The van der Waals surface area contributed by atoms with Crippen LogP contribution < -0.4 is 10.6 Å². The van der Waals surface area contributed by atoms with E-state index < -0.39 is 0 Å².